The number of anilines is 3. The number of piperidine rings is 2. The molecule has 6 heterocycles. The Morgan fingerprint density at radius 3 is 2.74 bits per heavy atom. The van der Waals surface area contributed by atoms with Crippen molar-refractivity contribution >= 4 is 34.3 Å². The number of nitriles is 1. The van der Waals surface area contributed by atoms with Crippen molar-refractivity contribution in [3.8, 4) is 6.07 Å². The fourth-order valence-electron chi connectivity index (χ4n) is 6.20. The standard InChI is InChI=1S/C24H25N9O/c25-5-2-4-24-10-15-7-14(8-16(11-24)33(15)24)30-23-17-3-1-6-27-18(17)9-20(32-23)31-21-13-28-19(12-29-21)22(26)34/h1,3,6,9,12-16H,2,4,7-8,10-11H2,(H2,26,34)(H2,29,30,31,32)/t14-,15+,16-,24?. The predicted molar refractivity (Wildman–Crippen MR) is 126 cm³/mol. The highest BCUT2D eigenvalue weighted by molar-refractivity contribution is 5.92. The first-order chi connectivity index (χ1) is 16.5. The molecule has 0 aromatic carbocycles. The van der Waals surface area contributed by atoms with E-state index in [1.54, 1.807) is 6.20 Å². The minimum atomic E-state index is -0.621. The van der Waals surface area contributed by atoms with Crippen LogP contribution in [0.4, 0.5) is 17.5 Å². The summed E-state index contributed by atoms with van der Waals surface area (Å²) in [5.74, 6) is 1.23. The number of hydrogen-bond acceptors (Lipinski definition) is 9. The number of nitrogens with zero attached hydrogens (tertiary/aromatic N) is 6. The van der Waals surface area contributed by atoms with E-state index >= 15 is 0 Å². The predicted octanol–water partition coefficient (Wildman–Crippen LogP) is 2.73. The average Bonchev–Trinajstić information content (AvgIpc) is 2.80. The van der Waals surface area contributed by atoms with Crippen molar-refractivity contribution in [1.82, 2.24) is 24.8 Å². The first-order valence-corrected chi connectivity index (χ1v) is 11.6. The van der Waals surface area contributed by atoms with E-state index in [0.717, 1.165) is 36.0 Å². The largest absolute Gasteiger partial charge is 0.367 e. The summed E-state index contributed by atoms with van der Waals surface area (Å²) in [7, 11) is 0. The lowest BCUT2D eigenvalue weighted by molar-refractivity contribution is -0.222. The van der Waals surface area contributed by atoms with Gasteiger partial charge in [-0.2, -0.15) is 5.26 Å². The van der Waals surface area contributed by atoms with Gasteiger partial charge < -0.3 is 16.4 Å². The number of aromatic nitrogens is 4. The molecule has 172 valence electrons. The van der Waals surface area contributed by atoms with Crippen LogP contribution >= 0.6 is 0 Å². The van der Waals surface area contributed by atoms with E-state index in [2.05, 4.69) is 36.6 Å². The van der Waals surface area contributed by atoms with Gasteiger partial charge in [0.15, 0.2) is 0 Å². The van der Waals surface area contributed by atoms with Gasteiger partial charge in [0.1, 0.15) is 23.1 Å². The van der Waals surface area contributed by atoms with E-state index in [1.165, 1.54) is 25.2 Å². The maximum absolute atomic E-state index is 11.2. The van der Waals surface area contributed by atoms with Crippen LogP contribution in [0.5, 0.6) is 0 Å². The normalized spacial score (nSPS) is 27.1. The second-order valence-electron chi connectivity index (χ2n) is 9.52. The highest BCUT2D eigenvalue weighted by Gasteiger charge is 2.64. The molecule has 0 saturated carbocycles. The van der Waals surface area contributed by atoms with Crippen LogP contribution in [0, 0.1) is 11.3 Å². The third kappa shape index (κ3) is 3.40. The Kier molecular flexibility index (Phi) is 4.81. The Balaban J connectivity index is 1.21. The zero-order valence-electron chi connectivity index (χ0n) is 18.6. The summed E-state index contributed by atoms with van der Waals surface area (Å²) >= 11 is 0. The summed E-state index contributed by atoms with van der Waals surface area (Å²) in [5.41, 5.74) is 6.48. The minimum absolute atomic E-state index is 0.107. The van der Waals surface area contributed by atoms with Crippen molar-refractivity contribution in [2.45, 2.75) is 62.2 Å². The summed E-state index contributed by atoms with van der Waals surface area (Å²) in [6.07, 6.45) is 10.8. The summed E-state index contributed by atoms with van der Waals surface area (Å²) < 4.78 is 0. The molecule has 3 aromatic rings. The molecule has 0 radical (unpaired) electrons. The monoisotopic (exact) mass is 455 g/mol. The minimum Gasteiger partial charge on any atom is -0.367 e. The molecule has 0 aliphatic carbocycles. The van der Waals surface area contributed by atoms with Crippen LogP contribution in [-0.4, -0.2) is 54.4 Å². The topological polar surface area (TPSA) is 146 Å². The number of primary amides is 1. The van der Waals surface area contributed by atoms with Crippen molar-refractivity contribution in [3.63, 3.8) is 0 Å². The Hall–Kier alpha value is -3.84. The number of fused-ring (bicyclic) bond motifs is 1. The van der Waals surface area contributed by atoms with E-state index in [9.17, 15) is 4.79 Å². The van der Waals surface area contributed by atoms with E-state index in [-0.39, 0.29) is 5.69 Å². The number of carbonyl (C=O) groups excluding carboxylic acids is 1. The molecule has 4 atom stereocenters. The SMILES string of the molecule is N#CCCC12C[C@H]3C[C@H](Nc4nc(Nc5cnc(C(N)=O)cn5)cc5ncccc45)C[C@@H](C1)N32. The molecule has 3 saturated heterocycles. The van der Waals surface area contributed by atoms with Gasteiger partial charge in [-0.1, -0.05) is 0 Å². The molecule has 3 aliphatic rings. The Labute approximate surface area is 196 Å². The van der Waals surface area contributed by atoms with Crippen LogP contribution in [0.2, 0.25) is 0 Å². The molecule has 3 aliphatic heterocycles. The van der Waals surface area contributed by atoms with Crippen LogP contribution in [-0.2, 0) is 0 Å². The molecule has 1 unspecified atom stereocenters. The van der Waals surface area contributed by atoms with Crippen LogP contribution in [0.3, 0.4) is 0 Å². The summed E-state index contributed by atoms with van der Waals surface area (Å²) in [4.78, 5) is 31.5. The van der Waals surface area contributed by atoms with Gasteiger partial charge in [-0.15, -0.1) is 0 Å². The van der Waals surface area contributed by atoms with Crippen LogP contribution in [0.15, 0.2) is 36.8 Å². The fraction of sp³-hybridized carbons (Fsp3) is 0.417. The molecule has 10 heteroatoms. The molecule has 1 amide bonds. The molecular weight excluding hydrogens is 430 g/mol. The Morgan fingerprint density at radius 2 is 2.03 bits per heavy atom. The van der Waals surface area contributed by atoms with Crippen LogP contribution in [0.25, 0.3) is 10.9 Å². The van der Waals surface area contributed by atoms with Crippen molar-refractivity contribution < 1.29 is 4.79 Å². The zero-order valence-corrected chi connectivity index (χ0v) is 18.6. The lowest BCUT2D eigenvalue weighted by Crippen LogP contribution is -2.81. The molecule has 6 rings (SSSR count). The van der Waals surface area contributed by atoms with E-state index < -0.39 is 5.91 Å². The van der Waals surface area contributed by atoms with Gasteiger partial charge in [0.2, 0.25) is 0 Å². The number of nitrogens with two attached hydrogens (primary N) is 1. The summed E-state index contributed by atoms with van der Waals surface area (Å²) in [6, 6.07) is 9.64. The van der Waals surface area contributed by atoms with Gasteiger partial charge in [-0.05, 0) is 44.2 Å². The summed E-state index contributed by atoms with van der Waals surface area (Å²) in [5, 5.41) is 16.8. The van der Waals surface area contributed by atoms with Gasteiger partial charge >= 0.3 is 0 Å². The number of pyridine rings is 2. The van der Waals surface area contributed by atoms with Crippen LogP contribution in [0.1, 0.15) is 49.0 Å². The van der Waals surface area contributed by atoms with Gasteiger partial charge in [-0.25, -0.2) is 15.0 Å². The van der Waals surface area contributed by atoms with Gasteiger partial charge in [-0.3, -0.25) is 14.7 Å². The third-order valence-electron chi connectivity index (χ3n) is 7.48. The summed E-state index contributed by atoms with van der Waals surface area (Å²) in [6.45, 7) is 0. The van der Waals surface area contributed by atoms with Gasteiger partial charge in [0.05, 0.1) is 24.0 Å². The maximum Gasteiger partial charge on any atom is 0.268 e. The van der Waals surface area contributed by atoms with Gasteiger partial charge in [0, 0.05) is 47.7 Å². The van der Waals surface area contributed by atoms with Crippen molar-refractivity contribution in [2.24, 2.45) is 5.73 Å². The molecule has 34 heavy (non-hydrogen) atoms. The van der Waals surface area contributed by atoms with Crippen molar-refractivity contribution in [3.05, 3.63) is 42.5 Å². The lowest BCUT2D eigenvalue weighted by Gasteiger charge is -2.74. The lowest BCUT2D eigenvalue weighted by atomic mass is 9.57. The quantitative estimate of drug-likeness (QED) is 0.489. The second kappa shape index (κ2) is 7.88. The Bertz CT molecular complexity index is 1290. The maximum atomic E-state index is 11.2. The first-order valence-electron chi connectivity index (χ1n) is 11.6. The van der Waals surface area contributed by atoms with Crippen molar-refractivity contribution in [2.75, 3.05) is 10.6 Å². The van der Waals surface area contributed by atoms with Crippen LogP contribution < -0.4 is 16.4 Å². The first kappa shape index (κ1) is 20.7. The molecule has 0 bridgehead atoms. The molecule has 4 N–H and O–H groups in total. The Morgan fingerprint density at radius 1 is 1.21 bits per heavy atom. The smallest absolute Gasteiger partial charge is 0.268 e. The van der Waals surface area contributed by atoms with E-state index in [1.807, 2.05) is 18.2 Å². The number of carbonyl (C=O) groups is 1. The molecule has 10 nitrogen and oxygen atoms in total. The molecule has 3 fully saturated rings. The number of nitrogens with one attached hydrogen (secondary N) is 2. The third-order valence-corrected chi connectivity index (χ3v) is 7.48. The van der Waals surface area contributed by atoms with Gasteiger partial charge in [0.25, 0.3) is 5.91 Å². The fourth-order valence-corrected chi connectivity index (χ4v) is 6.20. The number of amides is 1. The van der Waals surface area contributed by atoms with Crippen molar-refractivity contribution in [1.29, 1.82) is 5.26 Å². The zero-order chi connectivity index (χ0) is 23.3. The number of rotatable bonds is 7. The number of hydrogen-bond donors (Lipinski definition) is 3. The molecular formula is C24H25N9O. The second-order valence-corrected chi connectivity index (χ2v) is 9.52. The molecule has 0 spiro atoms. The van der Waals surface area contributed by atoms with E-state index in [4.69, 9.17) is 16.0 Å². The molecule has 3 aromatic heterocycles. The average molecular weight is 456 g/mol. The highest BCUT2D eigenvalue weighted by Crippen LogP contribution is 2.58. The van der Waals surface area contributed by atoms with E-state index in [0.29, 0.717) is 41.7 Å². The highest BCUT2D eigenvalue weighted by atomic mass is 16.1.